The molecule has 0 aromatic carbocycles. The Morgan fingerprint density at radius 3 is 2.18 bits per heavy atom. The predicted octanol–water partition coefficient (Wildman–Crippen LogP) is 2.19. The molecule has 2 aliphatic rings. The monoisotopic (exact) mass is 262 g/mol. The molecule has 2 aliphatic heterocycles. The van der Waals surface area contributed by atoms with Crippen LogP contribution in [-0.4, -0.2) is 41.8 Å². The highest BCUT2D eigenvalue weighted by molar-refractivity contribution is 5.85. The summed E-state index contributed by atoms with van der Waals surface area (Å²) in [6.45, 7) is 9.23. The molecule has 0 bridgehead atoms. The molecule has 5 heteroatoms. The van der Waals surface area contributed by atoms with Gasteiger partial charge >= 0.3 is 6.09 Å². The number of hydrogen-bond acceptors (Lipinski definition) is 2. The largest absolute Gasteiger partial charge is 0.465 e. The second kappa shape index (κ2) is 4.65. The maximum atomic E-state index is 10.9. The molecule has 2 saturated heterocycles. The van der Waals surface area contributed by atoms with Gasteiger partial charge in [0.15, 0.2) is 0 Å². The molecule has 0 radical (unpaired) electrons. The van der Waals surface area contributed by atoms with Crippen LogP contribution >= 0.6 is 12.4 Å². The molecule has 100 valence electrons. The molecule has 2 N–H and O–H groups in total. The Morgan fingerprint density at radius 2 is 1.88 bits per heavy atom. The zero-order chi connectivity index (χ0) is 12.0. The number of carbonyl (C=O) groups is 1. The first-order valence-corrected chi connectivity index (χ1v) is 6.06. The van der Waals surface area contributed by atoms with E-state index in [0.717, 1.165) is 19.4 Å². The number of nitrogens with zero attached hydrogens (tertiary/aromatic N) is 1. The lowest BCUT2D eigenvalue weighted by Crippen LogP contribution is -2.70. The summed E-state index contributed by atoms with van der Waals surface area (Å²) in [6, 6.07) is 0.538. The Morgan fingerprint density at radius 1 is 1.35 bits per heavy atom. The Hall–Kier alpha value is -0.480. The van der Waals surface area contributed by atoms with Gasteiger partial charge in [0.25, 0.3) is 0 Å². The van der Waals surface area contributed by atoms with Crippen LogP contribution in [0.2, 0.25) is 0 Å². The summed E-state index contributed by atoms with van der Waals surface area (Å²) in [4.78, 5) is 12.4. The fourth-order valence-corrected chi connectivity index (χ4v) is 3.33. The van der Waals surface area contributed by atoms with Crippen LogP contribution in [-0.2, 0) is 0 Å². The topological polar surface area (TPSA) is 52.6 Å². The minimum absolute atomic E-state index is 0. The number of piperidine rings is 1. The van der Waals surface area contributed by atoms with Crippen molar-refractivity contribution in [1.29, 1.82) is 0 Å². The molecule has 2 heterocycles. The SMILES string of the molecule is CC(C)(C)C1NCC12CCN(C(=O)O)CC2.Cl. The van der Waals surface area contributed by atoms with Crippen LogP contribution in [0.1, 0.15) is 33.6 Å². The quantitative estimate of drug-likeness (QED) is 0.704. The van der Waals surface area contributed by atoms with Crippen molar-refractivity contribution in [2.75, 3.05) is 19.6 Å². The van der Waals surface area contributed by atoms with Crippen LogP contribution < -0.4 is 5.32 Å². The molecule has 2 rings (SSSR count). The second-order valence-electron chi connectivity index (χ2n) is 6.31. The van der Waals surface area contributed by atoms with Gasteiger partial charge in [0.05, 0.1) is 0 Å². The first-order chi connectivity index (χ1) is 7.35. The zero-order valence-corrected chi connectivity index (χ0v) is 11.6. The first-order valence-electron chi connectivity index (χ1n) is 6.06. The van der Waals surface area contributed by atoms with Gasteiger partial charge in [-0.05, 0) is 18.3 Å². The van der Waals surface area contributed by atoms with Crippen molar-refractivity contribution in [3.63, 3.8) is 0 Å². The normalized spacial score (nSPS) is 27.2. The van der Waals surface area contributed by atoms with Crippen LogP contribution in [0.5, 0.6) is 0 Å². The Labute approximate surface area is 109 Å². The Bertz CT molecular complexity index is 293. The molecule has 4 nitrogen and oxygen atoms in total. The summed E-state index contributed by atoms with van der Waals surface area (Å²) >= 11 is 0. The van der Waals surface area contributed by atoms with E-state index >= 15 is 0 Å². The van der Waals surface area contributed by atoms with Gasteiger partial charge in [-0.1, -0.05) is 20.8 Å². The fourth-order valence-electron chi connectivity index (χ4n) is 3.33. The number of amides is 1. The summed E-state index contributed by atoms with van der Waals surface area (Å²) in [7, 11) is 0. The minimum Gasteiger partial charge on any atom is -0.465 e. The van der Waals surface area contributed by atoms with Gasteiger partial charge in [-0.25, -0.2) is 4.79 Å². The van der Waals surface area contributed by atoms with Gasteiger partial charge in [0.1, 0.15) is 0 Å². The van der Waals surface area contributed by atoms with Gasteiger partial charge in [-0.15, -0.1) is 12.4 Å². The van der Waals surface area contributed by atoms with Crippen molar-refractivity contribution in [2.45, 2.75) is 39.7 Å². The van der Waals surface area contributed by atoms with E-state index in [1.165, 1.54) is 0 Å². The highest BCUT2D eigenvalue weighted by atomic mass is 35.5. The lowest BCUT2D eigenvalue weighted by Gasteiger charge is -2.59. The maximum Gasteiger partial charge on any atom is 0.407 e. The van der Waals surface area contributed by atoms with Gasteiger partial charge in [-0.3, -0.25) is 0 Å². The summed E-state index contributed by atoms with van der Waals surface area (Å²) in [5.41, 5.74) is 0.619. The number of rotatable bonds is 0. The van der Waals surface area contributed by atoms with Crippen LogP contribution in [0, 0.1) is 10.8 Å². The molecular formula is C12H23ClN2O2. The van der Waals surface area contributed by atoms with Gasteiger partial charge in [0.2, 0.25) is 0 Å². The van der Waals surface area contributed by atoms with E-state index in [9.17, 15) is 4.79 Å². The third-order valence-corrected chi connectivity index (χ3v) is 4.17. The van der Waals surface area contributed by atoms with Crippen LogP contribution in [0.4, 0.5) is 4.79 Å². The lowest BCUT2D eigenvalue weighted by molar-refractivity contribution is -0.0391. The predicted molar refractivity (Wildman–Crippen MR) is 69.8 cm³/mol. The third kappa shape index (κ3) is 2.52. The zero-order valence-electron chi connectivity index (χ0n) is 10.8. The molecule has 1 unspecified atom stereocenters. The van der Waals surface area contributed by atoms with Crippen molar-refractivity contribution in [3.05, 3.63) is 0 Å². The number of halogens is 1. The molecule has 1 atom stereocenters. The highest BCUT2D eigenvalue weighted by Crippen LogP contribution is 2.47. The molecule has 2 fully saturated rings. The smallest absolute Gasteiger partial charge is 0.407 e. The van der Waals surface area contributed by atoms with E-state index < -0.39 is 6.09 Å². The van der Waals surface area contributed by atoms with Crippen LogP contribution in [0.3, 0.4) is 0 Å². The minimum atomic E-state index is -0.769. The molecule has 0 aliphatic carbocycles. The van der Waals surface area contributed by atoms with Crippen LogP contribution in [0.25, 0.3) is 0 Å². The summed E-state index contributed by atoms with van der Waals surface area (Å²) < 4.78 is 0. The van der Waals surface area contributed by atoms with Crippen molar-refractivity contribution in [3.8, 4) is 0 Å². The van der Waals surface area contributed by atoms with Crippen molar-refractivity contribution in [1.82, 2.24) is 10.2 Å². The van der Waals surface area contributed by atoms with E-state index in [2.05, 4.69) is 26.1 Å². The van der Waals surface area contributed by atoms with Crippen molar-refractivity contribution < 1.29 is 9.90 Å². The van der Waals surface area contributed by atoms with Gasteiger partial charge in [0, 0.05) is 31.1 Å². The van der Waals surface area contributed by atoms with Gasteiger partial charge < -0.3 is 15.3 Å². The van der Waals surface area contributed by atoms with Crippen molar-refractivity contribution >= 4 is 18.5 Å². The molecule has 0 aromatic rings. The van der Waals surface area contributed by atoms with Gasteiger partial charge in [-0.2, -0.15) is 0 Å². The Kier molecular flexibility index (Phi) is 3.99. The summed E-state index contributed by atoms with van der Waals surface area (Å²) in [5, 5.41) is 12.5. The third-order valence-electron chi connectivity index (χ3n) is 4.17. The molecular weight excluding hydrogens is 240 g/mol. The number of carboxylic acid groups (broad SMARTS) is 1. The molecule has 1 spiro atoms. The van der Waals surface area contributed by atoms with E-state index in [1.54, 1.807) is 4.90 Å². The average Bonchev–Trinajstić information content (AvgIpc) is 2.13. The summed E-state index contributed by atoms with van der Waals surface area (Å²) in [5.74, 6) is 0. The van der Waals surface area contributed by atoms with Crippen LogP contribution in [0.15, 0.2) is 0 Å². The molecule has 0 aromatic heterocycles. The standard InChI is InChI=1S/C12H22N2O2.ClH/c1-11(2,3)9-12(8-13-9)4-6-14(7-5-12)10(15)16;/h9,13H,4-8H2,1-3H3,(H,15,16);1H. The van der Waals surface area contributed by atoms with Crippen molar-refractivity contribution in [2.24, 2.45) is 10.8 Å². The number of likely N-dealkylation sites (tertiary alicyclic amines) is 1. The first kappa shape index (κ1) is 14.6. The molecule has 0 saturated carbocycles. The fraction of sp³-hybridized carbons (Fsp3) is 0.917. The highest BCUT2D eigenvalue weighted by Gasteiger charge is 2.52. The lowest BCUT2D eigenvalue weighted by atomic mass is 9.59. The molecule has 17 heavy (non-hydrogen) atoms. The number of hydrogen-bond donors (Lipinski definition) is 2. The second-order valence-corrected chi connectivity index (χ2v) is 6.31. The average molecular weight is 263 g/mol. The van der Waals surface area contributed by atoms with E-state index in [-0.39, 0.29) is 17.8 Å². The Balaban J connectivity index is 0.00000144. The van der Waals surface area contributed by atoms with E-state index in [0.29, 0.717) is 24.5 Å². The molecule has 1 amide bonds. The van der Waals surface area contributed by atoms with E-state index in [1.807, 2.05) is 0 Å². The van der Waals surface area contributed by atoms with E-state index in [4.69, 9.17) is 5.11 Å². The maximum absolute atomic E-state index is 10.9. The summed E-state index contributed by atoms with van der Waals surface area (Å²) in [6.07, 6.45) is 1.25. The number of nitrogens with one attached hydrogen (secondary N) is 1.